The molecule has 0 atom stereocenters. The lowest BCUT2D eigenvalue weighted by Gasteiger charge is -2.31. The lowest BCUT2D eigenvalue weighted by molar-refractivity contribution is -0.0222. The van der Waals surface area contributed by atoms with E-state index in [1.807, 2.05) is 56.2 Å². The van der Waals surface area contributed by atoms with Gasteiger partial charge in [0.05, 0.1) is 24.4 Å². The van der Waals surface area contributed by atoms with Gasteiger partial charge in [0.1, 0.15) is 6.33 Å². The number of anilines is 1. The summed E-state index contributed by atoms with van der Waals surface area (Å²) in [6.07, 6.45) is 1.60. The Morgan fingerprint density at radius 3 is 2.53 bits per heavy atom. The van der Waals surface area contributed by atoms with E-state index in [1.165, 1.54) is 0 Å². The average Bonchev–Trinajstić information content (AvgIpc) is 2.87. The van der Waals surface area contributed by atoms with E-state index in [0.29, 0.717) is 13.1 Å². The minimum absolute atomic E-state index is 0.254. The molecule has 0 spiro atoms. The summed E-state index contributed by atoms with van der Waals surface area (Å²) >= 11 is 0. The Morgan fingerprint density at radius 2 is 1.95 bits per heavy atom. The predicted octanol–water partition coefficient (Wildman–Crippen LogP) is 1.91. The van der Waals surface area contributed by atoms with Crippen LogP contribution in [0.3, 0.4) is 0 Å². The molecule has 0 amide bonds. The Kier molecular flexibility index (Phi) is 4.11. The molecule has 19 heavy (non-hydrogen) atoms. The van der Waals surface area contributed by atoms with E-state index in [0.717, 1.165) is 5.69 Å². The van der Waals surface area contributed by atoms with Crippen LogP contribution in [0, 0.1) is 0 Å². The maximum absolute atomic E-state index is 5.97. The van der Waals surface area contributed by atoms with Crippen molar-refractivity contribution in [1.29, 1.82) is 0 Å². The molecule has 1 heterocycles. The minimum Gasteiger partial charge on any atom is -0.268 e. The molecule has 0 N–H and O–H groups in total. The van der Waals surface area contributed by atoms with E-state index in [9.17, 15) is 0 Å². The van der Waals surface area contributed by atoms with Gasteiger partial charge in [-0.05, 0) is 43.3 Å². The van der Waals surface area contributed by atoms with Gasteiger partial charge < -0.3 is 0 Å². The lowest BCUT2D eigenvalue weighted by Crippen LogP contribution is -2.36. The molecule has 6 nitrogen and oxygen atoms in total. The van der Waals surface area contributed by atoms with E-state index < -0.39 is 0 Å². The number of nitrogens with zero attached hydrogens (tertiary/aromatic N) is 5. The Labute approximate surface area is 112 Å². The summed E-state index contributed by atoms with van der Waals surface area (Å²) in [5.74, 6) is 0. The Bertz CT molecular complexity index is 477. The number of hydroxylamine groups is 1. The Hall–Kier alpha value is -1.95. The molecule has 1 aromatic carbocycles. The molecule has 0 bridgehead atoms. The molecule has 0 saturated carbocycles. The first-order valence-electron chi connectivity index (χ1n) is 6.27. The molecule has 0 radical (unpaired) electrons. The van der Waals surface area contributed by atoms with Crippen LogP contribution >= 0.6 is 0 Å². The molecule has 102 valence electrons. The SMILES string of the molecule is CC(C)(C)ON(CCn1cnnn1)c1ccccc1. The summed E-state index contributed by atoms with van der Waals surface area (Å²) in [5, 5.41) is 13.0. The number of para-hydroxylation sites is 1. The molecule has 0 fully saturated rings. The summed E-state index contributed by atoms with van der Waals surface area (Å²) in [5.41, 5.74) is 0.765. The zero-order valence-corrected chi connectivity index (χ0v) is 11.5. The van der Waals surface area contributed by atoms with Crippen LogP contribution in [-0.2, 0) is 11.4 Å². The lowest BCUT2D eigenvalue weighted by atomic mass is 10.2. The molecule has 2 aromatic rings. The average molecular weight is 261 g/mol. The smallest absolute Gasteiger partial charge is 0.138 e. The molecule has 2 rings (SSSR count). The van der Waals surface area contributed by atoms with Crippen LogP contribution in [0.2, 0.25) is 0 Å². The van der Waals surface area contributed by atoms with Crippen molar-refractivity contribution in [3.8, 4) is 0 Å². The molecular weight excluding hydrogens is 242 g/mol. The summed E-state index contributed by atoms with van der Waals surface area (Å²) in [6.45, 7) is 7.42. The van der Waals surface area contributed by atoms with Gasteiger partial charge in [0.15, 0.2) is 0 Å². The van der Waals surface area contributed by atoms with Crippen molar-refractivity contribution < 1.29 is 4.84 Å². The van der Waals surface area contributed by atoms with Gasteiger partial charge in [-0.15, -0.1) is 5.10 Å². The fourth-order valence-corrected chi connectivity index (χ4v) is 1.63. The van der Waals surface area contributed by atoms with Crippen molar-refractivity contribution in [3.05, 3.63) is 36.7 Å². The van der Waals surface area contributed by atoms with Crippen molar-refractivity contribution in [1.82, 2.24) is 20.2 Å². The highest BCUT2D eigenvalue weighted by Gasteiger charge is 2.17. The topological polar surface area (TPSA) is 56.1 Å². The second-order valence-corrected chi connectivity index (χ2v) is 5.21. The van der Waals surface area contributed by atoms with Gasteiger partial charge in [-0.1, -0.05) is 18.2 Å². The van der Waals surface area contributed by atoms with Crippen molar-refractivity contribution in [3.63, 3.8) is 0 Å². The van der Waals surface area contributed by atoms with Gasteiger partial charge in [-0.25, -0.2) is 4.68 Å². The first kappa shape index (κ1) is 13.5. The molecule has 1 aromatic heterocycles. The monoisotopic (exact) mass is 261 g/mol. The largest absolute Gasteiger partial charge is 0.268 e. The number of benzene rings is 1. The molecular formula is C13H19N5O. The van der Waals surface area contributed by atoms with E-state index >= 15 is 0 Å². The van der Waals surface area contributed by atoms with Crippen LogP contribution < -0.4 is 5.06 Å². The molecule has 0 aliphatic heterocycles. The highest BCUT2D eigenvalue weighted by Crippen LogP contribution is 2.19. The van der Waals surface area contributed by atoms with Crippen molar-refractivity contribution in [2.75, 3.05) is 11.6 Å². The van der Waals surface area contributed by atoms with Crippen LogP contribution in [0.4, 0.5) is 5.69 Å². The zero-order chi connectivity index (χ0) is 13.7. The normalized spacial score (nSPS) is 11.5. The minimum atomic E-state index is -0.254. The van der Waals surface area contributed by atoms with Crippen LogP contribution in [0.5, 0.6) is 0 Å². The fourth-order valence-electron chi connectivity index (χ4n) is 1.63. The standard InChI is InChI=1S/C13H19N5O/c1-13(2,3)19-18(12-7-5-4-6-8-12)10-9-17-11-14-15-16-17/h4-8,11H,9-10H2,1-3H3. The summed E-state index contributed by atoms with van der Waals surface area (Å²) in [4.78, 5) is 5.97. The summed E-state index contributed by atoms with van der Waals surface area (Å²) in [6, 6.07) is 10.0. The van der Waals surface area contributed by atoms with Crippen LogP contribution in [0.25, 0.3) is 0 Å². The summed E-state index contributed by atoms with van der Waals surface area (Å²) < 4.78 is 1.68. The van der Waals surface area contributed by atoms with Crippen molar-refractivity contribution in [2.24, 2.45) is 0 Å². The number of hydrogen-bond acceptors (Lipinski definition) is 5. The molecule has 0 aliphatic carbocycles. The first-order valence-corrected chi connectivity index (χ1v) is 6.27. The maximum atomic E-state index is 5.97. The van der Waals surface area contributed by atoms with Crippen LogP contribution in [-0.4, -0.2) is 32.4 Å². The number of hydrogen-bond donors (Lipinski definition) is 0. The maximum Gasteiger partial charge on any atom is 0.138 e. The number of tetrazole rings is 1. The van der Waals surface area contributed by atoms with E-state index in [2.05, 4.69) is 15.5 Å². The second kappa shape index (κ2) is 5.79. The molecule has 0 unspecified atom stereocenters. The predicted molar refractivity (Wildman–Crippen MR) is 72.4 cm³/mol. The molecule has 0 aliphatic rings. The number of aromatic nitrogens is 4. The fraction of sp³-hybridized carbons (Fsp3) is 0.462. The van der Waals surface area contributed by atoms with E-state index in [4.69, 9.17) is 4.84 Å². The van der Waals surface area contributed by atoms with E-state index in [-0.39, 0.29) is 5.60 Å². The van der Waals surface area contributed by atoms with Gasteiger partial charge >= 0.3 is 0 Å². The van der Waals surface area contributed by atoms with E-state index in [1.54, 1.807) is 11.0 Å². The third-order valence-electron chi connectivity index (χ3n) is 2.35. The molecule has 6 heteroatoms. The van der Waals surface area contributed by atoms with Gasteiger partial charge in [0.2, 0.25) is 0 Å². The van der Waals surface area contributed by atoms with Crippen LogP contribution in [0.1, 0.15) is 20.8 Å². The van der Waals surface area contributed by atoms with Gasteiger partial charge in [0.25, 0.3) is 0 Å². The van der Waals surface area contributed by atoms with Gasteiger partial charge in [0, 0.05) is 0 Å². The number of rotatable bonds is 5. The van der Waals surface area contributed by atoms with Crippen molar-refractivity contribution in [2.45, 2.75) is 32.9 Å². The van der Waals surface area contributed by atoms with Gasteiger partial charge in [-0.3, -0.25) is 9.90 Å². The highest BCUT2D eigenvalue weighted by atomic mass is 16.7. The first-order chi connectivity index (χ1) is 9.04. The van der Waals surface area contributed by atoms with Crippen LogP contribution in [0.15, 0.2) is 36.7 Å². The molecule has 0 saturated heterocycles. The Balaban J connectivity index is 2.06. The third-order valence-corrected chi connectivity index (χ3v) is 2.35. The summed E-state index contributed by atoms with van der Waals surface area (Å²) in [7, 11) is 0. The Morgan fingerprint density at radius 1 is 1.21 bits per heavy atom. The zero-order valence-electron chi connectivity index (χ0n) is 11.5. The third kappa shape index (κ3) is 4.33. The van der Waals surface area contributed by atoms with Gasteiger partial charge in [-0.2, -0.15) is 0 Å². The second-order valence-electron chi connectivity index (χ2n) is 5.21. The quantitative estimate of drug-likeness (QED) is 0.769. The highest BCUT2D eigenvalue weighted by molar-refractivity contribution is 5.43. The van der Waals surface area contributed by atoms with Crippen molar-refractivity contribution >= 4 is 5.69 Å².